The summed E-state index contributed by atoms with van der Waals surface area (Å²) in [5, 5.41) is 3.00. The first-order chi connectivity index (χ1) is 6.66. The molecule has 5 heteroatoms. The Morgan fingerprint density at radius 1 is 1.50 bits per heavy atom. The van der Waals surface area contributed by atoms with Crippen molar-refractivity contribution in [1.29, 1.82) is 0 Å². The summed E-state index contributed by atoms with van der Waals surface area (Å²) < 4.78 is 0. The van der Waals surface area contributed by atoms with Crippen LogP contribution in [0.1, 0.15) is 6.92 Å². The summed E-state index contributed by atoms with van der Waals surface area (Å²) in [7, 11) is 4.01. The van der Waals surface area contributed by atoms with Gasteiger partial charge in [0.25, 0.3) is 0 Å². The Bertz CT molecular complexity index is 201. The summed E-state index contributed by atoms with van der Waals surface area (Å²) in [6.07, 6.45) is 3.72. The Balaban J connectivity index is 3.44. The molecule has 0 amide bonds. The summed E-state index contributed by atoms with van der Waals surface area (Å²) in [6, 6.07) is -0.311. The van der Waals surface area contributed by atoms with Crippen LogP contribution in [0.4, 0.5) is 0 Å². The van der Waals surface area contributed by atoms with Crippen LogP contribution < -0.4 is 5.32 Å². The van der Waals surface area contributed by atoms with Gasteiger partial charge in [0.05, 0.1) is 6.34 Å². The van der Waals surface area contributed by atoms with Crippen LogP contribution in [0.3, 0.4) is 0 Å². The van der Waals surface area contributed by atoms with E-state index in [0.29, 0.717) is 0 Å². The predicted octanol–water partition coefficient (Wildman–Crippen LogP) is -0.218. The minimum Gasteiger partial charge on any atom is -0.375 e. The SMILES string of the molecule is CC(C=O)/N=C\N=C\NCCN(C)C. The minimum atomic E-state index is -0.311. The van der Waals surface area contributed by atoms with Crippen molar-refractivity contribution in [2.45, 2.75) is 13.0 Å². The second-order valence-electron chi connectivity index (χ2n) is 3.18. The van der Waals surface area contributed by atoms with Gasteiger partial charge in [0.15, 0.2) is 0 Å². The van der Waals surface area contributed by atoms with Crippen LogP contribution >= 0.6 is 0 Å². The lowest BCUT2D eigenvalue weighted by atomic mass is 10.4. The number of likely N-dealkylation sites (N-methyl/N-ethyl adjacent to an activating group) is 1. The topological polar surface area (TPSA) is 57.1 Å². The highest BCUT2D eigenvalue weighted by Crippen LogP contribution is 1.79. The molecule has 1 unspecified atom stereocenters. The molecule has 0 spiro atoms. The second-order valence-corrected chi connectivity index (χ2v) is 3.18. The van der Waals surface area contributed by atoms with E-state index in [0.717, 1.165) is 19.4 Å². The van der Waals surface area contributed by atoms with Gasteiger partial charge in [-0.3, -0.25) is 4.99 Å². The zero-order valence-electron chi connectivity index (χ0n) is 8.97. The van der Waals surface area contributed by atoms with Crippen molar-refractivity contribution in [3.63, 3.8) is 0 Å². The molecule has 14 heavy (non-hydrogen) atoms. The first-order valence-corrected chi connectivity index (χ1v) is 4.53. The molecular weight excluding hydrogens is 180 g/mol. The first-order valence-electron chi connectivity index (χ1n) is 4.53. The fourth-order valence-corrected chi connectivity index (χ4v) is 0.618. The summed E-state index contributed by atoms with van der Waals surface area (Å²) in [5.74, 6) is 0. The van der Waals surface area contributed by atoms with E-state index < -0.39 is 0 Å². The third-order valence-electron chi connectivity index (χ3n) is 1.43. The van der Waals surface area contributed by atoms with E-state index in [1.807, 2.05) is 14.1 Å². The molecule has 0 aliphatic heterocycles. The molecular formula is C9H18N4O. The molecule has 5 nitrogen and oxygen atoms in total. The smallest absolute Gasteiger partial charge is 0.144 e. The quantitative estimate of drug-likeness (QED) is 0.266. The molecule has 0 saturated carbocycles. The van der Waals surface area contributed by atoms with Crippen LogP contribution in [-0.4, -0.2) is 57.1 Å². The lowest BCUT2D eigenvalue weighted by Crippen LogP contribution is -2.25. The molecule has 0 bridgehead atoms. The van der Waals surface area contributed by atoms with Gasteiger partial charge in [0, 0.05) is 13.1 Å². The Hall–Kier alpha value is -1.23. The summed E-state index contributed by atoms with van der Waals surface area (Å²) in [5.41, 5.74) is 0. The Labute approximate surface area is 84.9 Å². The van der Waals surface area contributed by atoms with Crippen LogP contribution in [-0.2, 0) is 4.79 Å². The molecule has 0 fully saturated rings. The number of hydrogen-bond acceptors (Lipinski definition) is 3. The van der Waals surface area contributed by atoms with Gasteiger partial charge in [-0.15, -0.1) is 0 Å². The first kappa shape index (κ1) is 12.8. The third-order valence-corrected chi connectivity index (χ3v) is 1.43. The number of nitrogens with one attached hydrogen (secondary N) is 1. The molecule has 0 heterocycles. The normalized spacial score (nSPS) is 14.0. The number of rotatable bonds is 7. The molecule has 1 atom stereocenters. The molecule has 0 rings (SSSR count). The van der Waals surface area contributed by atoms with Gasteiger partial charge in [-0.25, -0.2) is 4.99 Å². The maximum atomic E-state index is 10.2. The van der Waals surface area contributed by atoms with E-state index >= 15 is 0 Å². The van der Waals surface area contributed by atoms with Gasteiger partial charge < -0.3 is 15.0 Å². The molecule has 0 aliphatic carbocycles. The predicted molar refractivity (Wildman–Crippen MR) is 59.1 cm³/mol. The van der Waals surface area contributed by atoms with Crippen molar-refractivity contribution in [2.75, 3.05) is 27.2 Å². The van der Waals surface area contributed by atoms with E-state index in [1.165, 1.54) is 6.34 Å². The Morgan fingerprint density at radius 3 is 2.79 bits per heavy atom. The number of carbonyl (C=O) groups is 1. The number of nitrogens with zero attached hydrogens (tertiary/aromatic N) is 3. The molecule has 1 N–H and O–H groups in total. The molecule has 80 valence electrons. The zero-order valence-corrected chi connectivity index (χ0v) is 8.97. The summed E-state index contributed by atoms with van der Waals surface area (Å²) in [6.45, 7) is 3.50. The van der Waals surface area contributed by atoms with E-state index in [2.05, 4.69) is 20.2 Å². The molecule has 0 aromatic rings. The number of aldehydes is 1. The highest BCUT2D eigenvalue weighted by molar-refractivity contribution is 5.72. The monoisotopic (exact) mass is 198 g/mol. The van der Waals surface area contributed by atoms with Crippen molar-refractivity contribution in [1.82, 2.24) is 10.2 Å². The van der Waals surface area contributed by atoms with E-state index in [-0.39, 0.29) is 6.04 Å². The van der Waals surface area contributed by atoms with Gasteiger partial charge in [-0.2, -0.15) is 0 Å². The summed E-state index contributed by atoms with van der Waals surface area (Å²) in [4.78, 5) is 19.9. The molecule has 0 saturated heterocycles. The van der Waals surface area contributed by atoms with E-state index in [4.69, 9.17) is 0 Å². The van der Waals surface area contributed by atoms with Gasteiger partial charge in [0.2, 0.25) is 0 Å². The Morgan fingerprint density at radius 2 is 2.21 bits per heavy atom. The van der Waals surface area contributed by atoms with Crippen molar-refractivity contribution < 1.29 is 4.79 Å². The van der Waals surface area contributed by atoms with Crippen molar-refractivity contribution in [3.05, 3.63) is 0 Å². The number of carbonyl (C=O) groups excluding carboxylic acids is 1. The highest BCUT2D eigenvalue weighted by Gasteiger charge is 1.89. The number of aliphatic imine (C=N–C) groups is 2. The zero-order chi connectivity index (χ0) is 10.8. The van der Waals surface area contributed by atoms with Crippen LogP contribution in [0, 0.1) is 0 Å². The minimum absolute atomic E-state index is 0.311. The van der Waals surface area contributed by atoms with Gasteiger partial charge in [0.1, 0.15) is 18.7 Å². The second kappa shape index (κ2) is 8.37. The van der Waals surface area contributed by atoms with Crippen molar-refractivity contribution in [2.24, 2.45) is 9.98 Å². The lowest BCUT2D eigenvalue weighted by molar-refractivity contribution is -0.108. The molecule has 0 aliphatic rings. The number of hydrogen-bond donors (Lipinski definition) is 1. The largest absolute Gasteiger partial charge is 0.375 e. The van der Waals surface area contributed by atoms with Gasteiger partial charge in [-0.1, -0.05) is 0 Å². The van der Waals surface area contributed by atoms with Crippen LogP contribution in [0.15, 0.2) is 9.98 Å². The van der Waals surface area contributed by atoms with Crippen LogP contribution in [0.2, 0.25) is 0 Å². The third kappa shape index (κ3) is 8.86. The molecule has 0 aromatic carbocycles. The molecule has 0 aromatic heterocycles. The van der Waals surface area contributed by atoms with E-state index in [1.54, 1.807) is 13.3 Å². The molecule has 0 radical (unpaired) electrons. The van der Waals surface area contributed by atoms with Crippen LogP contribution in [0.25, 0.3) is 0 Å². The summed E-state index contributed by atoms with van der Waals surface area (Å²) >= 11 is 0. The lowest BCUT2D eigenvalue weighted by Gasteiger charge is -2.07. The fourth-order valence-electron chi connectivity index (χ4n) is 0.618. The maximum Gasteiger partial charge on any atom is 0.144 e. The average Bonchev–Trinajstić information content (AvgIpc) is 2.15. The Kier molecular flexibility index (Phi) is 7.64. The average molecular weight is 198 g/mol. The van der Waals surface area contributed by atoms with Crippen LogP contribution in [0.5, 0.6) is 0 Å². The maximum absolute atomic E-state index is 10.2. The van der Waals surface area contributed by atoms with Crippen molar-refractivity contribution >= 4 is 19.0 Å². The highest BCUT2D eigenvalue weighted by atomic mass is 16.1. The van der Waals surface area contributed by atoms with E-state index in [9.17, 15) is 4.79 Å². The van der Waals surface area contributed by atoms with Gasteiger partial charge in [-0.05, 0) is 21.0 Å². The van der Waals surface area contributed by atoms with Crippen molar-refractivity contribution in [3.8, 4) is 0 Å². The van der Waals surface area contributed by atoms with Gasteiger partial charge >= 0.3 is 0 Å². The standard InChI is InChI=1S/C9H18N4O/c1-9(6-14)12-8-11-7-10-4-5-13(2)3/h6-9H,4-5H2,1-3H3,(H,10,11,12). The fraction of sp³-hybridized carbons (Fsp3) is 0.667.